The van der Waals surface area contributed by atoms with Crippen LogP contribution in [0.4, 0.5) is 0 Å². The molecule has 0 radical (unpaired) electrons. The Labute approximate surface area is 180 Å². The van der Waals surface area contributed by atoms with E-state index in [2.05, 4.69) is 46.7 Å². The van der Waals surface area contributed by atoms with Crippen molar-refractivity contribution in [2.75, 3.05) is 34.5 Å². The highest BCUT2D eigenvalue weighted by Crippen LogP contribution is 2.32. The molecule has 144 valence electrons. The van der Waals surface area contributed by atoms with Gasteiger partial charge < -0.3 is 0 Å². The van der Waals surface area contributed by atoms with Crippen LogP contribution in [0.2, 0.25) is 0 Å². The molecule has 0 aromatic carbocycles. The SMILES string of the molecule is C(=C1SCCCSCCCSCCCS1)c1cccc(-c2ccccn2)n1. The van der Waals surface area contributed by atoms with Gasteiger partial charge in [0, 0.05) is 10.4 Å². The summed E-state index contributed by atoms with van der Waals surface area (Å²) in [6.07, 6.45) is 8.00. The van der Waals surface area contributed by atoms with Crippen LogP contribution in [0.25, 0.3) is 17.5 Å². The lowest BCUT2D eigenvalue weighted by atomic mass is 10.2. The fourth-order valence-electron chi connectivity index (χ4n) is 2.57. The quantitative estimate of drug-likeness (QED) is 0.531. The molecule has 2 aromatic rings. The van der Waals surface area contributed by atoms with Gasteiger partial charge in [0.1, 0.15) is 0 Å². The van der Waals surface area contributed by atoms with Gasteiger partial charge in [-0.05, 0) is 84.1 Å². The Balaban J connectivity index is 1.67. The van der Waals surface area contributed by atoms with Gasteiger partial charge in [-0.15, -0.1) is 23.5 Å². The minimum Gasteiger partial charge on any atom is -0.255 e. The number of hydrogen-bond acceptors (Lipinski definition) is 6. The molecule has 0 bridgehead atoms. The van der Waals surface area contributed by atoms with Crippen molar-refractivity contribution in [3.8, 4) is 11.4 Å². The van der Waals surface area contributed by atoms with Gasteiger partial charge >= 0.3 is 0 Å². The third kappa shape index (κ3) is 8.14. The van der Waals surface area contributed by atoms with Gasteiger partial charge in [0.15, 0.2) is 0 Å². The van der Waals surface area contributed by atoms with E-state index in [9.17, 15) is 0 Å². The molecule has 2 aromatic heterocycles. The van der Waals surface area contributed by atoms with Crippen LogP contribution in [0, 0.1) is 0 Å². The molecule has 6 heteroatoms. The maximum Gasteiger partial charge on any atom is 0.0893 e. The van der Waals surface area contributed by atoms with Gasteiger partial charge in [-0.1, -0.05) is 12.1 Å². The minimum absolute atomic E-state index is 0.929. The predicted molar refractivity (Wildman–Crippen MR) is 129 cm³/mol. The van der Waals surface area contributed by atoms with Crippen LogP contribution in [-0.2, 0) is 0 Å². The van der Waals surface area contributed by atoms with Crippen LogP contribution < -0.4 is 0 Å². The molecular formula is C21H26N2S4. The van der Waals surface area contributed by atoms with Gasteiger partial charge in [0.05, 0.1) is 17.1 Å². The predicted octanol–water partition coefficient (Wildman–Crippen LogP) is 6.56. The number of nitrogens with zero attached hydrogens (tertiary/aromatic N) is 2. The highest BCUT2D eigenvalue weighted by Gasteiger charge is 2.05. The van der Waals surface area contributed by atoms with Gasteiger partial charge in [-0.2, -0.15) is 23.5 Å². The van der Waals surface area contributed by atoms with Crippen molar-refractivity contribution in [1.29, 1.82) is 0 Å². The van der Waals surface area contributed by atoms with Crippen LogP contribution in [0.15, 0.2) is 46.8 Å². The molecular weight excluding hydrogens is 409 g/mol. The molecule has 2 nitrogen and oxygen atoms in total. The van der Waals surface area contributed by atoms with E-state index in [4.69, 9.17) is 4.98 Å². The number of rotatable bonds is 2. The summed E-state index contributed by atoms with van der Waals surface area (Å²) >= 11 is 8.21. The molecule has 0 unspecified atom stereocenters. The Hall–Kier alpha value is -0.560. The summed E-state index contributed by atoms with van der Waals surface area (Å²) in [5.41, 5.74) is 2.89. The van der Waals surface area contributed by atoms with E-state index >= 15 is 0 Å². The lowest BCUT2D eigenvalue weighted by Gasteiger charge is -2.09. The van der Waals surface area contributed by atoms with E-state index in [0.29, 0.717) is 0 Å². The second-order valence-corrected chi connectivity index (χ2v) is 11.1. The largest absolute Gasteiger partial charge is 0.255 e. The zero-order chi connectivity index (χ0) is 18.6. The maximum absolute atomic E-state index is 4.82. The number of aromatic nitrogens is 2. The second-order valence-electron chi connectivity index (χ2n) is 6.11. The standard InChI is InChI=1S/C21H26N2S4/c1-2-10-22-19(8-1)20-9-3-7-18(23-20)17-21-26-15-5-13-24-11-4-12-25-14-6-16-27-21/h1-3,7-10,17H,4-6,11-16H2. The molecule has 0 saturated carbocycles. The Morgan fingerprint density at radius 3 is 2.04 bits per heavy atom. The summed E-state index contributed by atoms with van der Waals surface area (Å²) in [7, 11) is 0. The molecule has 1 saturated heterocycles. The van der Waals surface area contributed by atoms with Crippen LogP contribution in [0.3, 0.4) is 0 Å². The van der Waals surface area contributed by atoms with Crippen molar-refractivity contribution in [3.63, 3.8) is 0 Å². The number of hydrogen-bond donors (Lipinski definition) is 0. The molecule has 1 fully saturated rings. The maximum atomic E-state index is 4.82. The Bertz CT molecular complexity index is 690. The summed E-state index contributed by atoms with van der Waals surface area (Å²) in [5, 5.41) is 0. The molecule has 1 aliphatic rings. The van der Waals surface area contributed by atoms with E-state index in [-0.39, 0.29) is 0 Å². The smallest absolute Gasteiger partial charge is 0.0893 e. The molecule has 0 aliphatic carbocycles. The summed E-state index contributed by atoms with van der Waals surface area (Å²) in [6, 6.07) is 12.2. The van der Waals surface area contributed by atoms with Crippen molar-refractivity contribution >= 4 is 53.1 Å². The van der Waals surface area contributed by atoms with Crippen LogP contribution in [-0.4, -0.2) is 44.5 Å². The monoisotopic (exact) mass is 434 g/mol. The fourth-order valence-corrected chi connectivity index (χ4v) is 7.14. The van der Waals surface area contributed by atoms with Gasteiger partial charge in [0.25, 0.3) is 0 Å². The highest BCUT2D eigenvalue weighted by atomic mass is 32.2. The third-order valence-electron chi connectivity index (χ3n) is 3.90. The van der Waals surface area contributed by atoms with E-state index in [1.54, 1.807) is 0 Å². The molecule has 0 spiro atoms. The lowest BCUT2D eigenvalue weighted by Crippen LogP contribution is -1.93. The molecule has 0 amide bonds. The van der Waals surface area contributed by atoms with Crippen molar-refractivity contribution in [2.45, 2.75) is 19.3 Å². The molecule has 3 rings (SSSR count). The minimum atomic E-state index is 0.929. The van der Waals surface area contributed by atoms with Crippen molar-refractivity contribution in [3.05, 3.63) is 52.5 Å². The van der Waals surface area contributed by atoms with Crippen molar-refractivity contribution in [1.82, 2.24) is 9.97 Å². The van der Waals surface area contributed by atoms with Crippen molar-refractivity contribution in [2.24, 2.45) is 0 Å². The lowest BCUT2D eigenvalue weighted by molar-refractivity contribution is 1.08. The van der Waals surface area contributed by atoms with Gasteiger partial charge in [-0.3, -0.25) is 4.98 Å². The third-order valence-corrected chi connectivity index (χ3v) is 8.70. The van der Waals surface area contributed by atoms with Crippen molar-refractivity contribution < 1.29 is 0 Å². The van der Waals surface area contributed by atoms with Crippen LogP contribution in [0.5, 0.6) is 0 Å². The van der Waals surface area contributed by atoms with E-state index in [0.717, 1.165) is 17.1 Å². The number of pyridine rings is 2. The summed E-state index contributed by atoms with van der Waals surface area (Å²) < 4.78 is 1.40. The Kier molecular flexibility index (Phi) is 10.0. The Morgan fingerprint density at radius 1 is 0.704 bits per heavy atom. The first-order valence-electron chi connectivity index (χ1n) is 9.43. The average Bonchev–Trinajstić information content (AvgIpc) is 2.72. The molecule has 27 heavy (non-hydrogen) atoms. The topological polar surface area (TPSA) is 25.8 Å². The summed E-state index contributed by atoms with van der Waals surface area (Å²) in [5.74, 6) is 7.59. The highest BCUT2D eigenvalue weighted by molar-refractivity contribution is 8.22. The average molecular weight is 435 g/mol. The zero-order valence-electron chi connectivity index (χ0n) is 15.5. The van der Waals surface area contributed by atoms with Crippen LogP contribution >= 0.6 is 47.0 Å². The first-order chi connectivity index (χ1) is 13.4. The number of thioether (sulfide) groups is 4. The van der Waals surface area contributed by atoms with E-state index < -0.39 is 0 Å². The molecule has 0 atom stereocenters. The fraction of sp³-hybridized carbons (Fsp3) is 0.429. The molecule has 3 heterocycles. The van der Waals surface area contributed by atoms with E-state index in [1.807, 2.05) is 54.0 Å². The molecule has 0 N–H and O–H groups in total. The zero-order valence-corrected chi connectivity index (χ0v) is 18.8. The van der Waals surface area contributed by atoms with Gasteiger partial charge in [0.2, 0.25) is 0 Å². The van der Waals surface area contributed by atoms with E-state index in [1.165, 1.54) is 58.0 Å². The summed E-state index contributed by atoms with van der Waals surface area (Å²) in [4.78, 5) is 9.24. The first kappa shape index (κ1) is 21.2. The normalized spacial score (nSPS) is 17.9. The van der Waals surface area contributed by atoms with Gasteiger partial charge in [-0.25, -0.2) is 4.98 Å². The summed E-state index contributed by atoms with van der Waals surface area (Å²) in [6.45, 7) is 0. The Morgan fingerprint density at radius 2 is 1.37 bits per heavy atom. The van der Waals surface area contributed by atoms with Crippen LogP contribution in [0.1, 0.15) is 25.0 Å². The molecule has 1 aliphatic heterocycles. The second kappa shape index (κ2) is 12.8. The first-order valence-corrected chi connectivity index (χ1v) is 13.7.